The third-order valence-corrected chi connectivity index (χ3v) is 11.7. The van der Waals surface area contributed by atoms with Crippen LogP contribution in [0.15, 0.2) is 152 Å². The van der Waals surface area contributed by atoms with E-state index >= 15 is 0 Å². The van der Waals surface area contributed by atoms with Crippen LogP contribution in [0.25, 0.3) is 122 Å². The van der Waals surface area contributed by atoms with Crippen molar-refractivity contribution in [1.82, 2.24) is 39.9 Å². The first-order chi connectivity index (χ1) is 30.5. The van der Waals surface area contributed by atoms with Crippen LogP contribution < -0.4 is 4.74 Å². The van der Waals surface area contributed by atoms with Gasteiger partial charge in [0.15, 0.2) is 23.3 Å². The molecule has 3 aromatic heterocycles. The van der Waals surface area contributed by atoms with Crippen molar-refractivity contribution in [3.63, 3.8) is 0 Å². The monoisotopic (exact) mass is 800 g/mol. The van der Waals surface area contributed by atoms with Crippen molar-refractivity contribution in [2.24, 2.45) is 0 Å². The number of carbonyl (C=O) groups is 1. The average molecular weight is 801 g/mol. The van der Waals surface area contributed by atoms with Crippen LogP contribution in [0.1, 0.15) is 10.4 Å². The Morgan fingerprint density at radius 1 is 0.387 bits per heavy atom. The molecule has 0 atom stereocenters. The molecule has 11 aromatic rings. The summed E-state index contributed by atoms with van der Waals surface area (Å²) in [7, 11) is 0. The highest BCUT2D eigenvalue weighted by atomic mass is 16.5. The molecule has 0 amide bonds. The molecular weight excluding hydrogens is 773 g/mol. The van der Waals surface area contributed by atoms with Crippen molar-refractivity contribution in [2.45, 2.75) is 0 Å². The maximum absolute atomic E-state index is 11.5. The number of benzene rings is 8. The zero-order chi connectivity index (χ0) is 41.1. The maximum Gasteiger partial charge on any atom is 0.335 e. The van der Waals surface area contributed by atoms with Crippen LogP contribution in [-0.4, -0.2) is 50.9 Å². The lowest BCUT2D eigenvalue weighted by Crippen LogP contribution is -1.95. The summed E-state index contributed by atoms with van der Waals surface area (Å²) in [6, 6.07) is 49.5. The summed E-state index contributed by atoms with van der Waals surface area (Å²) in [6.07, 6.45) is 0. The molecule has 13 rings (SSSR count). The SMILES string of the molecule is O=C(O)c1ccc(Oc2ccc3c4nc5nc(nc6[nH]c(nc7nc(nc([nH]4)c3c2)-c2cc3ccccc3cc2-7)c2cc3ccccc3cc62)-c2cc3ccccc3cc2-5)cc1. The molecule has 290 valence electrons. The normalized spacial score (nSPS) is 12.0. The Morgan fingerprint density at radius 2 is 0.742 bits per heavy atom. The molecule has 11 heteroatoms. The number of aromatic nitrogens is 8. The lowest BCUT2D eigenvalue weighted by Gasteiger charge is -2.06. The molecule has 0 spiro atoms. The molecule has 3 N–H and O–H groups in total. The summed E-state index contributed by atoms with van der Waals surface area (Å²) in [5, 5.41) is 19.1. The van der Waals surface area contributed by atoms with Gasteiger partial charge in [-0.2, -0.15) is 0 Å². The van der Waals surface area contributed by atoms with Gasteiger partial charge in [0.1, 0.15) is 34.1 Å². The Labute approximate surface area is 350 Å². The van der Waals surface area contributed by atoms with E-state index in [1.54, 1.807) is 12.1 Å². The van der Waals surface area contributed by atoms with Crippen molar-refractivity contribution in [1.29, 1.82) is 0 Å². The van der Waals surface area contributed by atoms with Crippen molar-refractivity contribution < 1.29 is 14.6 Å². The van der Waals surface area contributed by atoms with Gasteiger partial charge in [-0.05, 0) is 111 Å². The van der Waals surface area contributed by atoms with Gasteiger partial charge in [-0.15, -0.1) is 0 Å². The number of carboxylic acids is 1. The molecule has 0 radical (unpaired) electrons. The summed E-state index contributed by atoms with van der Waals surface area (Å²) in [5.41, 5.74) is 5.88. The van der Waals surface area contributed by atoms with Crippen LogP contribution >= 0.6 is 0 Å². The number of fused-ring (bicyclic) bond motifs is 23. The number of hydrogen-bond donors (Lipinski definition) is 3. The number of aromatic carboxylic acids is 1. The quantitative estimate of drug-likeness (QED) is 0.158. The highest BCUT2D eigenvalue weighted by molar-refractivity contribution is 6.12. The first kappa shape index (κ1) is 34.1. The lowest BCUT2D eigenvalue weighted by atomic mass is 10.0. The Hall–Kier alpha value is -8.83. The van der Waals surface area contributed by atoms with Gasteiger partial charge >= 0.3 is 5.97 Å². The maximum atomic E-state index is 11.5. The van der Waals surface area contributed by atoms with Crippen molar-refractivity contribution in [3.05, 3.63) is 157 Å². The van der Waals surface area contributed by atoms with Gasteiger partial charge in [-0.1, -0.05) is 72.8 Å². The van der Waals surface area contributed by atoms with Crippen molar-refractivity contribution >= 4 is 82.4 Å². The molecule has 0 saturated carbocycles. The minimum Gasteiger partial charge on any atom is -0.478 e. The van der Waals surface area contributed by atoms with E-state index in [1.165, 1.54) is 12.1 Å². The van der Waals surface area contributed by atoms with Crippen LogP contribution in [0.4, 0.5) is 0 Å². The third kappa shape index (κ3) is 5.35. The Kier molecular flexibility index (Phi) is 7.05. The zero-order valence-electron chi connectivity index (χ0n) is 32.4. The second kappa shape index (κ2) is 12.8. The van der Waals surface area contributed by atoms with E-state index in [9.17, 15) is 9.90 Å². The first-order valence-electron chi connectivity index (χ1n) is 20.0. The number of ether oxygens (including phenoxy) is 1. The summed E-state index contributed by atoms with van der Waals surface area (Å²) < 4.78 is 6.27. The molecule has 5 heterocycles. The highest BCUT2D eigenvalue weighted by Gasteiger charge is 2.24. The summed E-state index contributed by atoms with van der Waals surface area (Å²) >= 11 is 0. The van der Waals surface area contributed by atoms with Crippen molar-refractivity contribution in [3.8, 4) is 57.1 Å². The fourth-order valence-electron chi connectivity index (χ4n) is 8.70. The number of aromatic amines is 2. The first-order valence-corrected chi connectivity index (χ1v) is 20.0. The molecular formula is C51H28N8O3. The smallest absolute Gasteiger partial charge is 0.335 e. The van der Waals surface area contributed by atoms with Gasteiger partial charge < -0.3 is 19.8 Å². The van der Waals surface area contributed by atoms with Crippen molar-refractivity contribution in [2.75, 3.05) is 0 Å². The van der Waals surface area contributed by atoms with E-state index in [1.807, 2.05) is 54.6 Å². The van der Waals surface area contributed by atoms with Crippen LogP contribution in [0.5, 0.6) is 11.5 Å². The number of rotatable bonds is 3. The largest absolute Gasteiger partial charge is 0.478 e. The second-order valence-corrected chi connectivity index (χ2v) is 15.5. The van der Waals surface area contributed by atoms with E-state index in [-0.39, 0.29) is 5.56 Å². The predicted octanol–water partition coefficient (Wildman–Crippen LogP) is 11.8. The number of nitrogens with zero attached hydrogens (tertiary/aromatic N) is 6. The average Bonchev–Trinajstić information content (AvgIpc) is 4.01. The molecule has 11 nitrogen and oxygen atoms in total. The van der Waals surface area contributed by atoms with E-state index in [2.05, 4.69) is 82.8 Å². The van der Waals surface area contributed by atoms with E-state index < -0.39 is 5.97 Å². The summed E-state index contributed by atoms with van der Waals surface area (Å²) in [5.74, 6) is 2.04. The van der Waals surface area contributed by atoms with E-state index in [0.29, 0.717) is 57.4 Å². The summed E-state index contributed by atoms with van der Waals surface area (Å²) in [4.78, 5) is 50.0. The molecule has 2 aliphatic heterocycles. The van der Waals surface area contributed by atoms with Gasteiger partial charge in [0.2, 0.25) is 0 Å². The topological polar surface area (TPSA) is 155 Å². The van der Waals surface area contributed by atoms with Gasteiger partial charge in [0.05, 0.1) is 5.56 Å². The Bertz CT molecular complexity index is 3950. The predicted molar refractivity (Wildman–Crippen MR) is 242 cm³/mol. The molecule has 8 aromatic carbocycles. The van der Waals surface area contributed by atoms with Crippen LogP contribution in [0, 0.1) is 0 Å². The minimum absolute atomic E-state index is 0.172. The lowest BCUT2D eigenvalue weighted by molar-refractivity contribution is 0.0697. The molecule has 0 fully saturated rings. The molecule has 0 unspecified atom stereocenters. The zero-order valence-corrected chi connectivity index (χ0v) is 32.4. The Morgan fingerprint density at radius 3 is 1.15 bits per heavy atom. The van der Waals surface area contributed by atoms with Crippen LogP contribution in [0.2, 0.25) is 0 Å². The molecule has 62 heavy (non-hydrogen) atoms. The number of nitrogens with one attached hydrogen (secondary N) is 2. The van der Waals surface area contributed by atoms with E-state index in [4.69, 9.17) is 34.6 Å². The minimum atomic E-state index is -1.01. The fraction of sp³-hybridized carbons (Fsp3) is 0. The van der Waals surface area contributed by atoms with Crippen LogP contribution in [-0.2, 0) is 0 Å². The number of H-pyrrole nitrogens is 2. The fourth-order valence-corrected chi connectivity index (χ4v) is 8.70. The third-order valence-electron chi connectivity index (χ3n) is 11.7. The van der Waals surface area contributed by atoms with Gasteiger partial charge in [-0.25, -0.2) is 34.7 Å². The summed E-state index contributed by atoms with van der Waals surface area (Å²) in [6.45, 7) is 0. The van der Waals surface area contributed by atoms with Crippen LogP contribution in [0.3, 0.4) is 0 Å². The molecule has 2 aliphatic rings. The van der Waals surface area contributed by atoms with E-state index in [0.717, 1.165) is 76.1 Å². The van der Waals surface area contributed by atoms with Gasteiger partial charge in [0, 0.05) is 43.8 Å². The molecule has 0 saturated heterocycles. The van der Waals surface area contributed by atoms with Gasteiger partial charge in [0.25, 0.3) is 0 Å². The van der Waals surface area contributed by atoms with Gasteiger partial charge in [-0.3, -0.25) is 0 Å². The number of carboxylic acid groups (broad SMARTS) is 1. The highest BCUT2D eigenvalue weighted by Crippen LogP contribution is 2.41. The molecule has 8 bridgehead atoms. The second-order valence-electron chi connectivity index (χ2n) is 15.5. The molecule has 0 aliphatic carbocycles. The Balaban J connectivity index is 1.15. The number of hydrogen-bond acceptors (Lipinski definition) is 8. The standard InChI is InChI=1S/C51H28N8O3/c60-51(61)26-13-15-33(16-14-26)62-34-17-18-35-42(25-34)50-53-43(35)52-44-36-19-27-7-1-2-8-28(27)20-37(36)45(54-44)55-46-38-21-29-9-3-4-10-30(29)22-39(38)47(56-46)57-48-40-23-31-11-5-6-12-32(31)24-41(40)49(58-48)59-50/h1-25H,(H,60,61)(H2,52,53,54,55,56,57,58,59).